The minimum absolute atomic E-state index is 0.136. The van der Waals surface area contributed by atoms with Gasteiger partial charge in [-0.3, -0.25) is 9.59 Å². The second-order valence-electron chi connectivity index (χ2n) is 7.46. The van der Waals surface area contributed by atoms with Crippen molar-refractivity contribution < 1.29 is 27.9 Å². The lowest BCUT2D eigenvalue weighted by Crippen LogP contribution is -2.54. The maximum absolute atomic E-state index is 13.2. The molecule has 1 saturated carbocycles. The van der Waals surface area contributed by atoms with Gasteiger partial charge in [-0.05, 0) is 44.9 Å². The van der Waals surface area contributed by atoms with E-state index in [1.807, 2.05) is 0 Å². The number of carbonyl (C=O) groups excluding carboxylic acids is 1. The molecule has 26 heavy (non-hydrogen) atoms. The van der Waals surface area contributed by atoms with Gasteiger partial charge in [0.2, 0.25) is 0 Å². The average Bonchev–Trinajstić information content (AvgIpc) is 3.03. The third-order valence-corrected chi connectivity index (χ3v) is 8.06. The number of esters is 1. The highest BCUT2D eigenvalue weighted by Gasteiger charge is 2.52. The number of hydrogen-bond acceptors (Lipinski definition) is 5. The predicted octanol–water partition coefficient (Wildman–Crippen LogP) is 1.22. The molecule has 3 rings (SSSR count). The summed E-state index contributed by atoms with van der Waals surface area (Å²) in [6.45, 7) is 2.52. The number of carboxylic acid groups (broad SMARTS) is 1. The highest BCUT2D eigenvalue weighted by Crippen LogP contribution is 2.42. The summed E-state index contributed by atoms with van der Waals surface area (Å²) in [5.41, 5.74) is 0. The van der Waals surface area contributed by atoms with Crippen molar-refractivity contribution in [2.75, 3.05) is 19.7 Å². The van der Waals surface area contributed by atoms with Crippen LogP contribution in [0.2, 0.25) is 0 Å². The largest absolute Gasteiger partial charge is 0.480 e. The number of ether oxygens (including phenoxy) is 1. The van der Waals surface area contributed by atoms with E-state index in [9.17, 15) is 23.1 Å². The van der Waals surface area contributed by atoms with Crippen LogP contribution in [0.4, 0.5) is 0 Å². The van der Waals surface area contributed by atoms with Gasteiger partial charge in [-0.2, -0.15) is 17.0 Å². The van der Waals surface area contributed by atoms with Crippen LogP contribution in [0.25, 0.3) is 0 Å². The van der Waals surface area contributed by atoms with Gasteiger partial charge in [0.1, 0.15) is 6.04 Å². The third-order valence-electron chi connectivity index (χ3n) is 5.98. The number of hydrogen-bond donors (Lipinski definition) is 1. The number of carboxylic acids is 1. The Morgan fingerprint density at radius 2 is 1.77 bits per heavy atom. The van der Waals surface area contributed by atoms with Gasteiger partial charge in [0.05, 0.1) is 12.5 Å². The summed E-state index contributed by atoms with van der Waals surface area (Å²) in [6.07, 6.45) is 4.82. The number of fused-ring (bicyclic) bond motifs is 1. The SMILES string of the molecule is CCOC(=O)C1CCN(S(=O)(=O)N2C(C(=O)O)CC3CCCCC32)CC1. The van der Waals surface area contributed by atoms with Crippen molar-refractivity contribution in [3.05, 3.63) is 0 Å². The topological polar surface area (TPSA) is 104 Å². The van der Waals surface area contributed by atoms with Gasteiger partial charge in [0.15, 0.2) is 0 Å². The molecule has 0 bridgehead atoms. The van der Waals surface area contributed by atoms with E-state index < -0.39 is 22.2 Å². The van der Waals surface area contributed by atoms with E-state index in [0.29, 0.717) is 25.9 Å². The van der Waals surface area contributed by atoms with Gasteiger partial charge in [0, 0.05) is 19.1 Å². The second-order valence-corrected chi connectivity index (χ2v) is 9.30. The number of nitrogens with zero attached hydrogens (tertiary/aromatic N) is 2. The average molecular weight is 388 g/mol. The number of rotatable bonds is 5. The van der Waals surface area contributed by atoms with Crippen molar-refractivity contribution >= 4 is 22.1 Å². The van der Waals surface area contributed by atoms with Crippen molar-refractivity contribution in [2.45, 2.75) is 64.0 Å². The van der Waals surface area contributed by atoms with Crippen LogP contribution >= 0.6 is 0 Å². The zero-order chi connectivity index (χ0) is 18.9. The van der Waals surface area contributed by atoms with E-state index in [1.54, 1.807) is 6.92 Å². The van der Waals surface area contributed by atoms with Gasteiger partial charge >= 0.3 is 11.9 Å². The van der Waals surface area contributed by atoms with Gasteiger partial charge in [0.25, 0.3) is 10.2 Å². The molecule has 2 aliphatic heterocycles. The summed E-state index contributed by atoms with van der Waals surface area (Å²) in [7, 11) is -3.85. The van der Waals surface area contributed by atoms with E-state index in [1.165, 1.54) is 8.61 Å². The van der Waals surface area contributed by atoms with E-state index in [0.717, 1.165) is 25.7 Å². The van der Waals surface area contributed by atoms with Crippen LogP contribution in [0.5, 0.6) is 0 Å². The van der Waals surface area contributed by atoms with Gasteiger partial charge in [-0.25, -0.2) is 0 Å². The molecule has 3 aliphatic rings. The first kappa shape index (κ1) is 19.6. The molecular formula is C17H28N2O6S. The Labute approximate surface area is 154 Å². The summed E-state index contributed by atoms with van der Waals surface area (Å²) in [4.78, 5) is 23.6. The molecule has 9 heteroatoms. The molecule has 0 aromatic heterocycles. The minimum Gasteiger partial charge on any atom is -0.480 e. The van der Waals surface area contributed by atoms with Crippen LogP contribution in [0.3, 0.4) is 0 Å². The maximum Gasteiger partial charge on any atom is 0.322 e. The van der Waals surface area contributed by atoms with E-state index in [-0.39, 0.29) is 36.9 Å². The highest BCUT2D eigenvalue weighted by molar-refractivity contribution is 7.86. The lowest BCUT2D eigenvalue weighted by atomic mass is 9.85. The van der Waals surface area contributed by atoms with Gasteiger partial charge in [-0.15, -0.1) is 0 Å². The lowest BCUT2D eigenvalue weighted by Gasteiger charge is -2.38. The summed E-state index contributed by atoms with van der Waals surface area (Å²) >= 11 is 0. The molecule has 2 saturated heterocycles. The molecule has 0 aromatic rings. The Kier molecular flexibility index (Phi) is 5.88. The van der Waals surface area contributed by atoms with Crippen molar-refractivity contribution in [2.24, 2.45) is 11.8 Å². The monoisotopic (exact) mass is 388 g/mol. The molecule has 3 atom stereocenters. The first-order valence-corrected chi connectivity index (χ1v) is 10.9. The Morgan fingerprint density at radius 1 is 1.12 bits per heavy atom. The van der Waals surface area contributed by atoms with Crippen LogP contribution < -0.4 is 0 Å². The van der Waals surface area contributed by atoms with E-state index in [4.69, 9.17) is 4.74 Å². The number of aliphatic carboxylic acids is 1. The standard InChI is InChI=1S/C17H28N2O6S/c1-2-25-17(22)12-7-9-18(10-8-12)26(23,24)19-14-6-4-3-5-13(14)11-15(19)16(20)21/h12-15H,2-11H2,1H3,(H,20,21). The van der Waals surface area contributed by atoms with Crippen LogP contribution in [-0.4, -0.2) is 65.9 Å². The van der Waals surface area contributed by atoms with Crippen LogP contribution in [0.15, 0.2) is 0 Å². The summed E-state index contributed by atoms with van der Waals surface area (Å²) in [6, 6.07) is -1.19. The van der Waals surface area contributed by atoms with E-state index in [2.05, 4.69) is 0 Å². The van der Waals surface area contributed by atoms with Crippen molar-refractivity contribution in [1.82, 2.24) is 8.61 Å². The molecule has 3 unspecified atom stereocenters. The number of carbonyl (C=O) groups is 2. The Bertz CT molecular complexity index is 644. The molecule has 148 valence electrons. The van der Waals surface area contributed by atoms with Crippen LogP contribution in [-0.2, 0) is 24.5 Å². The summed E-state index contributed by atoms with van der Waals surface area (Å²) in [5, 5.41) is 9.58. The summed E-state index contributed by atoms with van der Waals surface area (Å²) in [5.74, 6) is -1.49. The molecule has 1 aliphatic carbocycles. The quantitative estimate of drug-likeness (QED) is 0.710. The molecular weight excluding hydrogens is 360 g/mol. The van der Waals surface area contributed by atoms with Gasteiger partial charge < -0.3 is 9.84 Å². The molecule has 1 N–H and O–H groups in total. The molecule has 2 heterocycles. The second kappa shape index (κ2) is 7.82. The molecule has 0 aromatic carbocycles. The molecule has 3 fully saturated rings. The van der Waals surface area contributed by atoms with Crippen LogP contribution in [0, 0.1) is 11.8 Å². The normalized spacial score (nSPS) is 31.5. The fourth-order valence-corrected chi connectivity index (χ4v) is 6.73. The number of piperidine rings is 1. The molecule has 0 spiro atoms. The maximum atomic E-state index is 13.2. The Morgan fingerprint density at radius 3 is 2.38 bits per heavy atom. The Balaban J connectivity index is 1.74. The van der Waals surface area contributed by atoms with Crippen molar-refractivity contribution in [3.63, 3.8) is 0 Å². The Hall–Kier alpha value is -1.19. The fraction of sp³-hybridized carbons (Fsp3) is 0.882. The highest BCUT2D eigenvalue weighted by atomic mass is 32.2. The molecule has 0 radical (unpaired) electrons. The molecule has 0 amide bonds. The first-order valence-electron chi connectivity index (χ1n) is 9.54. The minimum atomic E-state index is -3.85. The predicted molar refractivity (Wildman–Crippen MR) is 93.5 cm³/mol. The van der Waals surface area contributed by atoms with E-state index >= 15 is 0 Å². The summed E-state index contributed by atoms with van der Waals surface area (Å²) < 4.78 is 34.1. The first-order chi connectivity index (χ1) is 12.4. The van der Waals surface area contributed by atoms with Gasteiger partial charge in [-0.1, -0.05) is 12.8 Å². The van der Waals surface area contributed by atoms with Crippen LogP contribution in [0.1, 0.15) is 51.9 Å². The lowest BCUT2D eigenvalue weighted by molar-refractivity contribution is -0.149. The molecule has 8 nitrogen and oxygen atoms in total. The third kappa shape index (κ3) is 3.61. The smallest absolute Gasteiger partial charge is 0.322 e. The van der Waals surface area contributed by atoms with Crippen molar-refractivity contribution in [3.8, 4) is 0 Å². The zero-order valence-electron chi connectivity index (χ0n) is 15.2. The zero-order valence-corrected chi connectivity index (χ0v) is 16.0. The fourth-order valence-electron chi connectivity index (χ4n) is 4.68. The van der Waals surface area contributed by atoms with Crippen molar-refractivity contribution in [1.29, 1.82) is 0 Å².